The normalized spacial score (nSPS) is 14.3. The molecule has 0 bridgehead atoms. The average molecular weight is 455 g/mol. The molecule has 1 fully saturated rings. The van der Waals surface area contributed by atoms with Gasteiger partial charge in [0.05, 0.1) is 7.11 Å². The van der Waals surface area contributed by atoms with E-state index in [-0.39, 0.29) is 10.7 Å². The van der Waals surface area contributed by atoms with Crippen molar-refractivity contribution in [3.05, 3.63) is 59.2 Å². The van der Waals surface area contributed by atoms with Crippen molar-refractivity contribution in [1.82, 2.24) is 10.6 Å². The van der Waals surface area contributed by atoms with Gasteiger partial charge in [0.1, 0.15) is 24.5 Å². The molecule has 32 heavy (non-hydrogen) atoms. The van der Waals surface area contributed by atoms with Crippen molar-refractivity contribution in [3.8, 4) is 17.2 Å². The lowest BCUT2D eigenvalue weighted by Gasteiger charge is -2.16. The summed E-state index contributed by atoms with van der Waals surface area (Å²) >= 11 is 4.80. The molecular formula is C24H26N2O5S. The summed E-state index contributed by atoms with van der Waals surface area (Å²) in [5.74, 6) is 1.23. The quantitative estimate of drug-likeness (QED) is 0.261. The fourth-order valence-corrected chi connectivity index (χ4v) is 3.29. The minimum Gasteiger partial charge on any atom is -0.493 e. The molecule has 8 heteroatoms. The van der Waals surface area contributed by atoms with Crippen LogP contribution >= 0.6 is 12.2 Å². The highest BCUT2D eigenvalue weighted by Crippen LogP contribution is 2.29. The topological polar surface area (TPSA) is 85.9 Å². The van der Waals surface area contributed by atoms with E-state index in [1.807, 2.05) is 12.1 Å². The van der Waals surface area contributed by atoms with Crippen LogP contribution in [-0.4, -0.2) is 37.3 Å². The summed E-state index contributed by atoms with van der Waals surface area (Å²) in [6.07, 6.45) is 2.56. The molecule has 7 nitrogen and oxygen atoms in total. The van der Waals surface area contributed by atoms with Gasteiger partial charge in [-0.05, 0) is 66.0 Å². The van der Waals surface area contributed by atoms with E-state index in [9.17, 15) is 9.59 Å². The van der Waals surface area contributed by atoms with Crippen LogP contribution in [0.2, 0.25) is 0 Å². The number of rotatable bonds is 9. The minimum absolute atomic E-state index is 0.00726. The highest BCUT2D eigenvalue weighted by atomic mass is 32.1. The largest absolute Gasteiger partial charge is 0.493 e. The van der Waals surface area contributed by atoms with Crippen molar-refractivity contribution in [2.45, 2.75) is 26.2 Å². The summed E-state index contributed by atoms with van der Waals surface area (Å²) < 4.78 is 16.9. The lowest BCUT2D eigenvalue weighted by Crippen LogP contribution is -2.51. The Balaban J connectivity index is 1.58. The first kappa shape index (κ1) is 23.3. The van der Waals surface area contributed by atoms with Gasteiger partial charge in [-0.3, -0.25) is 20.2 Å². The lowest BCUT2D eigenvalue weighted by molar-refractivity contribution is -0.123. The van der Waals surface area contributed by atoms with Gasteiger partial charge in [-0.15, -0.1) is 0 Å². The van der Waals surface area contributed by atoms with Crippen LogP contribution in [0.15, 0.2) is 48.0 Å². The van der Waals surface area contributed by atoms with Gasteiger partial charge in [0.25, 0.3) is 11.8 Å². The van der Waals surface area contributed by atoms with Crippen molar-refractivity contribution >= 4 is 35.2 Å². The molecule has 1 aliphatic heterocycles. The Kier molecular flexibility index (Phi) is 7.83. The Morgan fingerprint density at radius 2 is 1.62 bits per heavy atom. The predicted molar refractivity (Wildman–Crippen MR) is 126 cm³/mol. The number of carbonyl (C=O) groups excluding carboxylic acids is 2. The number of ether oxygens (including phenoxy) is 3. The molecule has 0 aliphatic carbocycles. The van der Waals surface area contributed by atoms with Crippen LogP contribution in [0.3, 0.4) is 0 Å². The second-order valence-electron chi connectivity index (χ2n) is 7.28. The van der Waals surface area contributed by atoms with Gasteiger partial charge in [-0.2, -0.15) is 0 Å². The first-order chi connectivity index (χ1) is 15.4. The number of benzene rings is 2. The van der Waals surface area contributed by atoms with Crippen molar-refractivity contribution < 1.29 is 23.8 Å². The molecule has 1 atom stereocenters. The van der Waals surface area contributed by atoms with Gasteiger partial charge < -0.3 is 14.2 Å². The van der Waals surface area contributed by atoms with E-state index in [1.165, 1.54) is 18.7 Å². The van der Waals surface area contributed by atoms with Crippen molar-refractivity contribution in [2.75, 3.05) is 20.3 Å². The van der Waals surface area contributed by atoms with Gasteiger partial charge in [0, 0.05) is 0 Å². The molecule has 168 valence electrons. The second-order valence-corrected chi connectivity index (χ2v) is 7.69. The number of nitrogens with one attached hydrogen (secondary N) is 2. The third-order valence-corrected chi connectivity index (χ3v) is 5.32. The predicted octanol–water partition coefficient (Wildman–Crippen LogP) is 3.58. The van der Waals surface area contributed by atoms with Gasteiger partial charge in [-0.1, -0.05) is 32.0 Å². The molecule has 0 aromatic heterocycles. The minimum atomic E-state index is -0.549. The smallest absolute Gasteiger partial charge is 0.263 e. The van der Waals surface area contributed by atoms with Gasteiger partial charge in [0.15, 0.2) is 16.6 Å². The lowest BCUT2D eigenvalue weighted by atomic mass is 9.99. The van der Waals surface area contributed by atoms with Crippen LogP contribution in [0.5, 0.6) is 17.2 Å². The van der Waals surface area contributed by atoms with E-state index in [0.29, 0.717) is 36.2 Å². The van der Waals surface area contributed by atoms with Crippen LogP contribution in [0.25, 0.3) is 6.08 Å². The zero-order valence-corrected chi connectivity index (χ0v) is 19.1. The SMILES string of the molecule is CC[C@H](C)c1ccc(OCCOc2ccc(C=C3C(=O)NC(=S)NC3=O)cc2OC)cc1. The Labute approximate surface area is 192 Å². The Morgan fingerprint density at radius 3 is 2.25 bits per heavy atom. The van der Waals surface area contributed by atoms with Crippen LogP contribution in [0, 0.1) is 0 Å². The third kappa shape index (κ3) is 5.85. The summed E-state index contributed by atoms with van der Waals surface area (Å²) in [6, 6.07) is 13.2. The van der Waals surface area contributed by atoms with E-state index in [1.54, 1.807) is 18.2 Å². The van der Waals surface area contributed by atoms with E-state index in [0.717, 1.165) is 12.2 Å². The maximum Gasteiger partial charge on any atom is 0.263 e. The summed E-state index contributed by atoms with van der Waals surface area (Å²) in [7, 11) is 1.52. The summed E-state index contributed by atoms with van der Waals surface area (Å²) in [5.41, 5.74) is 1.86. The van der Waals surface area contributed by atoms with Crippen LogP contribution < -0.4 is 24.8 Å². The van der Waals surface area contributed by atoms with E-state index < -0.39 is 11.8 Å². The van der Waals surface area contributed by atoms with Gasteiger partial charge >= 0.3 is 0 Å². The highest BCUT2D eigenvalue weighted by molar-refractivity contribution is 7.80. The fraction of sp³-hybridized carbons (Fsp3) is 0.292. The van der Waals surface area contributed by atoms with Crippen LogP contribution in [-0.2, 0) is 9.59 Å². The highest BCUT2D eigenvalue weighted by Gasteiger charge is 2.25. The van der Waals surface area contributed by atoms with Crippen molar-refractivity contribution in [3.63, 3.8) is 0 Å². The number of hydrogen-bond acceptors (Lipinski definition) is 6. The molecule has 0 spiro atoms. The Bertz CT molecular complexity index is 1010. The molecule has 1 aliphatic rings. The molecule has 2 amide bonds. The Morgan fingerprint density at radius 1 is 0.969 bits per heavy atom. The Hall–Kier alpha value is -3.39. The molecule has 2 aromatic carbocycles. The summed E-state index contributed by atoms with van der Waals surface area (Å²) in [6.45, 7) is 5.07. The number of amides is 2. The van der Waals surface area contributed by atoms with E-state index in [4.69, 9.17) is 26.4 Å². The standard InChI is InChI=1S/C24H26N2O5S/c1-4-15(2)17-6-8-18(9-7-17)30-11-12-31-20-10-5-16(14-21(20)29-3)13-19-22(27)25-24(32)26-23(19)28/h5-10,13-15H,4,11-12H2,1-3H3,(H2,25,26,27,28,32)/t15-/m0/s1. The average Bonchev–Trinajstić information content (AvgIpc) is 2.79. The molecule has 1 saturated heterocycles. The first-order valence-electron chi connectivity index (χ1n) is 10.3. The van der Waals surface area contributed by atoms with E-state index in [2.05, 4.69) is 36.6 Å². The summed E-state index contributed by atoms with van der Waals surface area (Å²) in [5, 5.41) is 4.80. The monoisotopic (exact) mass is 454 g/mol. The molecule has 0 saturated carbocycles. The van der Waals surface area contributed by atoms with Crippen molar-refractivity contribution in [2.24, 2.45) is 0 Å². The number of methoxy groups -OCH3 is 1. The van der Waals surface area contributed by atoms with Crippen LogP contribution in [0.1, 0.15) is 37.3 Å². The van der Waals surface area contributed by atoms with Crippen LogP contribution in [0.4, 0.5) is 0 Å². The summed E-state index contributed by atoms with van der Waals surface area (Å²) in [4.78, 5) is 24.0. The molecular weight excluding hydrogens is 428 g/mol. The van der Waals surface area contributed by atoms with Gasteiger partial charge in [0.2, 0.25) is 0 Å². The first-order valence-corrected chi connectivity index (χ1v) is 10.7. The number of carbonyl (C=O) groups is 2. The molecule has 3 rings (SSSR count). The van der Waals surface area contributed by atoms with Gasteiger partial charge in [-0.25, -0.2) is 0 Å². The third-order valence-electron chi connectivity index (χ3n) is 5.11. The molecule has 2 N–H and O–H groups in total. The second kappa shape index (κ2) is 10.8. The zero-order chi connectivity index (χ0) is 23.1. The maximum absolute atomic E-state index is 12.0. The maximum atomic E-state index is 12.0. The molecule has 2 aromatic rings. The molecule has 1 heterocycles. The molecule has 0 radical (unpaired) electrons. The molecule has 0 unspecified atom stereocenters. The zero-order valence-electron chi connectivity index (χ0n) is 18.3. The van der Waals surface area contributed by atoms with Crippen molar-refractivity contribution in [1.29, 1.82) is 0 Å². The fourth-order valence-electron chi connectivity index (χ4n) is 3.11. The number of hydrogen-bond donors (Lipinski definition) is 2. The van der Waals surface area contributed by atoms with E-state index >= 15 is 0 Å². The number of thiocarbonyl (C=S) groups is 1.